The Balaban J connectivity index is 1.49. The van der Waals surface area contributed by atoms with Crippen LogP contribution in [0.25, 0.3) is 49.7 Å². The monoisotopic (exact) mass is 493 g/mol. The molecule has 3 nitrogen and oxygen atoms in total. The Bertz CT molecular complexity index is 1720. The van der Waals surface area contributed by atoms with Crippen molar-refractivity contribution >= 4 is 34.4 Å². The lowest BCUT2D eigenvalue weighted by Crippen LogP contribution is -2.34. The molecule has 1 aliphatic heterocycles. The highest BCUT2D eigenvalue weighted by Crippen LogP contribution is 2.36. The molecule has 6 aromatic rings. The van der Waals surface area contributed by atoms with Crippen molar-refractivity contribution in [2.75, 3.05) is 6.61 Å². The third-order valence-electron chi connectivity index (χ3n) is 7.37. The lowest BCUT2D eigenvalue weighted by Gasteiger charge is -2.16. The molecule has 1 fully saturated rings. The minimum atomic E-state index is -0.364. The molecule has 0 radical (unpaired) electrons. The summed E-state index contributed by atoms with van der Waals surface area (Å²) >= 11 is 0. The van der Waals surface area contributed by atoms with Crippen LogP contribution in [0.5, 0.6) is 0 Å². The molecule has 5 aromatic carbocycles. The molecule has 1 saturated heterocycles. The van der Waals surface area contributed by atoms with Crippen LogP contribution in [0.2, 0.25) is 0 Å². The number of para-hydroxylation sites is 1. The SMILES string of the molecule is CC1(C)COB(c2ccc3c4ccccc4n(-c4cc(-c5ccccc5)cc(-c5ccccc5)c4)c3c2)O1. The van der Waals surface area contributed by atoms with Gasteiger partial charge in [-0.25, -0.2) is 0 Å². The zero-order valence-electron chi connectivity index (χ0n) is 21.6. The lowest BCUT2D eigenvalue weighted by molar-refractivity contribution is 0.137. The second-order valence-corrected chi connectivity index (χ2v) is 10.7. The second-order valence-electron chi connectivity index (χ2n) is 10.7. The maximum Gasteiger partial charge on any atom is 0.494 e. The van der Waals surface area contributed by atoms with Crippen molar-refractivity contribution in [2.24, 2.45) is 0 Å². The van der Waals surface area contributed by atoms with E-state index in [0.29, 0.717) is 6.61 Å². The highest BCUT2D eigenvalue weighted by atomic mass is 16.7. The minimum absolute atomic E-state index is 0.291. The van der Waals surface area contributed by atoms with Crippen LogP contribution in [0.4, 0.5) is 0 Å². The zero-order chi connectivity index (χ0) is 25.7. The maximum absolute atomic E-state index is 6.23. The van der Waals surface area contributed by atoms with Crippen molar-refractivity contribution in [3.05, 3.63) is 121 Å². The molecule has 0 atom stereocenters. The van der Waals surface area contributed by atoms with Gasteiger partial charge in [0.1, 0.15) is 0 Å². The Morgan fingerprint density at radius 3 is 1.84 bits per heavy atom. The van der Waals surface area contributed by atoms with Crippen molar-refractivity contribution in [2.45, 2.75) is 19.4 Å². The van der Waals surface area contributed by atoms with Crippen LogP contribution < -0.4 is 5.46 Å². The predicted molar refractivity (Wildman–Crippen MR) is 158 cm³/mol. The summed E-state index contributed by atoms with van der Waals surface area (Å²) < 4.78 is 14.7. The second kappa shape index (κ2) is 9.02. The van der Waals surface area contributed by atoms with Gasteiger partial charge in [-0.05, 0) is 71.9 Å². The van der Waals surface area contributed by atoms with Gasteiger partial charge in [0, 0.05) is 16.5 Å². The molecule has 4 heteroatoms. The van der Waals surface area contributed by atoms with Gasteiger partial charge in [-0.3, -0.25) is 0 Å². The summed E-state index contributed by atoms with van der Waals surface area (Å²) in [4.78, 5) is 0. The van der Waals surface area contributed by atoms with E-state index in [0.717, 1.165) is 16.7 Å². The van der Waals surface area contributed by atoms with Crippen molar-refractivity contribution < 1.29 is 9.31 Å². The molecular formula is C34H28BNO2. The van der Waals surface area contributed by atoms with Gasteiger partial charge >= 0.3 is 7.12 Å². The van der Waals surface area contributed by atoms with Gasteiger partial charge in [0.2, 0.25) is 0 Å². The van der Waals surface area contributed by atoms with E-state index in [9.17, 15) is 0 Å². The van der Waals surface area contributed by atoms with Crippen LogP contribution in [0, 0.1) is 0 Å². The summed E-state index contributed by atoms with van der Waals surface area (Å²) in [6.45, 7) is 4.73. The van der Waals surface area contributed by atoms with Gasteiger partial charge in [0.05, 0.1) is 23.2 Å². The van der Waals surface area contributed by atoms with E-state index in [-0.39, 0.29) is 12.7 Å². The van der Waals surface area contributed by atoms with Crippen LogP contribution in [-0.2, 0) is 9.31 Å². The minimum Gasteiger partial charge on any atom is -0.404 e. The van der Waals surface area contributed by atoms with Crippen LogP contribution >= 0.6 is 0 Å². The fourth-order valence-corrected chi connectivity index (χ4v) is 5.55. The van der Waals surface area contributed by atoms with Crippen LogP contribution in [0.15, 0.2) is 121 Å². The molecule has 7 rings (SSSR count). The molecule has 1 aromatic heterocycles. The lowest BCUT2D eigenvalue weighted by atomic mass is 9.79. The van der Waals surface area contributed by atoms with Gasteiger partial charge in [-0.1, -0.05) is 91.0 Å². The Morgan fingerprint density at radius 2 is 1.21 bits per heavy atom. The normalized spacial score (nSPS) is 14.9. The Labute approximate surface area is 223 Å². The molecule has 0 bridgehead atoms. The molecule has 2 heterocycles. The molecule has 38 heavy (non-hydrogen) atoms. The standard InChI is InChI=1S/C34H28BNO2/c1-34(2)23-37-35(38-34)28-17-18-31-30-15-9-10-16-32(30)36(33(31)22-28)29-20-26(24-11-5-3-6-12-24)19-27(21-29)25-13-7-4-8-14-25/h3-22H,23H2,1-2H3. The van der Waals surface area contributed by atoms with Crippen molar-refractivity contribution in [3.63, 3.8) is 0 Å². The fraction of sp³-hybridized carbons (Fsp3) is 0.118. The molecule has 0 amide bonds. The first-order chi connectivity index (χ1) is 18.6. The van der Waals surface area contributed by atoms with Crippen LogP contribution in [0.1, 0.15) is 13.8 Å². The molecule has 0 aliphatic carbocycles. The van der Waals surface area contributed by atoms with Crippen LogP contribution in [0.3, 0.4) is 0 Å². The van der Waals surface area contributed by atoms with Crippen molar-refractivity contribution in [3.8, 4) is 27.9 Å². The maximum atomic E-state index is 6.23. The number of rotatable bonds is 4. The summed E-state index contributed by atoms with van der Waals surface area (Å²) in [5.41, 5.74) is 8.97. The van der Waals surface area contributed by atoms with Crippen molar-refractivity contribution in [1.82, 2.24) is 4.57 Å². The Kier molecular flexibility index (Phi) is 5.47. The van der Waals surface area contributed by atoms with E-state index in [1.165, 1.54) is 38.5 Å². The molecule has 1 aliphatic rings. The van der Waals surface area contributed by atoms with E-state index in [1.807, 2.05) is 0 Å². The Hall–Kier alpha value is -4.12. The zero-order valence-corrected chi connectivity index (χ0v) is 21.6. The molecule has 0 unspecified atom stereocenters. The highest BCUT2D eigenvalue weighted by molar-refractivity contribution is 6.62. The number of hydrogen-bond donors (Lipinski definition) is 0. The highest BCUT2D eigenvalue weighted by Gasteiger charge is 2.38. The number of fused-ring (bicyclic) bond motifs is 3. The third-order valence-corrected chi connectivity index (χ3v) is 7.37. The summed E-state index contributed by atoms with van der Waals surface area (Å²) in [5.74, 6) is 0. The first kappa shape index (κ1) is 23.0. The van der Waals surface area contributed by atoms with E-state index < -0.39 is 0 Å². The molecule has 184 valence electrons. The molecular weight excluding hydrogens is 465 g/mol. The van der Waals surface area contributed by atoms with Gasteiger partial charge in [0.15, 0.2) is 0 Å². The predicted octanol–water partition coefficient (Wildman–Crippen LogP) is 7.64. The largest absolute Gasteiger partial charge is 0.494 e. The molecule has 0 saturated carbocycles. The van der Waals surface area contributed by atoms with Crippen LogP contribution in [-0.4, -0.2) is 23.9 Å². The van der Waals surface area contributed by atoms with E-state index in [2.05, 4.69) is 140 Å². The summed E-state index contributed by atoms with van der Waals surface area (Å²) in [6, 6.07) is 43.3. The average Bonchev–Trinajstić information content (AvgIpc) is 3.50. The van der Waals surface area contributed by atoms with Gasteiger partial charge in [-0.2, -0.15) is 0 Å². The topological polar surface area (TPSA) is 23.4 Å². The van der Waals surface area contributed by atoms with Gasteiger partial charge in [-0.15, -0.1) is 0 Å². The summed E-state index contributed by atoms with van der Waals surface area (Å²) in [7, 11) is -0.364. The third kappa shape index (κ3) is 4.03. The van der Waals surface area contributed by atoms with Gasteiger partial charge < -0.3 is 13.9 Å². The number of hydrogen-bond acceptors (Lipinski definition) is 2. The van der Waals surface area contributed by atoms with E-state index in [4.69, 9.17) is 9.31 Å². The number of benzene rings is 5. The smallest absolute Gasteiger partial charge is 0.404 e. The summed E-state index contributed by atoms with van der Waals surface area (Å²) in [5, 5.41) is 2.45. The number of nitrogens with zero attached hydrogens (tertiary/aromatic N) is 1. The fourth-order valence-electron chi connectivity index (χ4n) is 5.55. The molecule has 0 spiro atoms. The van der Waals surface area contributed by atoms with Crippen molar-refractivity contribution in [1.29, 1.82) is 0 Å². The first-order valence-electron chi connectivity index (χ1n) is 13.1. The summed E-state index contributed by atoms with van der Waals surface area (Å²) in [6.07, 6.45) is 0. The number of aromatic nitrogens is 1. The van der Waals surface area contributed by atoms with Gasteiger partial charge in [0.25, 0.3) is 0 Å². The molecule has 0 N–H and O–H groups in total. The Morgan fingerprint density at radius 1 is 0.605 bits per heavy atom. The van der Waals surface area contributed by atoms with E-state index in [1.54, 1.807) is 0 Å². The quantitative estimate of drug-likeness (QED) is 0.236. The average molecular weight is 493 g/mol. The van der Waals surface area contributed by atoms with E-state index >= 15 is 0 Å². The first-order valence-corrected chi connectivity index (χ1v) is 13.1.